The molecular weight excluding hydrogens is 241 g/mol. The van der Waals surface area contributed by atoms with Gasteiger partial charge in [0, 0.05) is 11.6 Å². The van der Waals surface area contributed by atoms with Crippen LogP contribution in [-0.2, 0) is 11.3 Å². The molecule has 0 heterocycles. The first-order valence-electron chi connectivity index (χ1n) is 3.35. The van der Waals surface area contributed by atoms with Gasteiger partial charge in [-0.25, -0.2) is 14.2 Å². The molecule has 1 rings (SSSR count). The van der Waals surface area contributed by atoms with Gasteiger partial charge in [-0.3, -0.25) is 0 Å². The molecule has 0 spiro atoms. The smallest absolute Gasteiger partial charge is 0.235 e. The summed E-state index contributed by atoms with van der Waals surface area (Å²) in [4.78, 5) is 13.0. The van der Waals surface area contributed by atoms with Crippen LogP contribution in [0.2, 0.25) is 0 Å². The molecule has 0 amide bonds. The average Bonchev–Trinajstić information content (AvgIpc) is 2.09. The largest absolute Gasteiger partial charge is 0.507 e. The highest BCUT2D eigenvalue weighted by molar-refractivity contribution is 9.10. The van der Waals surface area contributed by atoms with Crippen molar-refractivity contribution in [3.8, 4) is 5.75 Å². The summed E-state index contributed by atoms with van der Waals surface area (Å²) in [7, 11) is 0. The molecule has 1 N–H and O–H groups in total. The Bertz CT molecular complexity index is 375. The van der Waals surface area contributed by atoms with Gasteiger partial charge in [-0.05, 0) is 22.0 Å². The van der Waals surface area contributed by atoms with Crippen molar-refractivity contribution in [2.45, 2.75) is 6.54 Å². The van der Waals surface area contributed by atoms with Gasteiger partial charge >= 0.3 is 0 Å². The van der Waals surface area contributed by atoms with E-state index in [1.807, 2.05) is 0 Å². The number of rotatable bonds is 2. The molecule has 0 fully saturated rings. The van der Waals surface area contributed by atoms with Crippen molar-refractivity contribution in [3.05, 3.63) is 28.0 Å². The molecule has 0 atom stereocenters. The van der Waals surface area contributed by atoms with Gasteiger partial charge in [-0.1, -0.05) is 0 Å². The number of nitrogens with zero attached hydrogens (tertiary/aromatic N) is 1. The number of benzene rings is 1. The van der Waals surface area contributed by atoms with Crippen LogP contribution in [0, 0.1) is 5.82 Å². The Balaban J connectivity index is 3.07. The number of hydrogen-bond donors (Lipinski definition) is 1. The first-order chi connectivity index (χ1) is 6.15. The first-order valence-corrected chi connectivity index (χ1v) is 4.15. The van der Waals surface area contributed by atoms with E-state index in [1.165, 1.54) is 12.1 Å². The Kier molecular flexibility index (Phi) is 3.17. The maximum atomic E-state index is 13.0. The van der Waals surface area contributed by atoms with Gasteiger partial charge in [-0.15, -0.1) is 0 Å². The number of carbonyl (C=O) groups excluding carboxylic acids is 1. The second kappa shape index (κ2) is 4.16. The van der Waals surface area contributed by atoms with Crippen molar-refractivity contribution in [1.29, 1.82) is 0 Å². The lowest BCUT2D eigenvalue weighted by molar-refractivity contribution is 0.464. The molecule has 0 unspecified atom stereocenters. The van der Waals surface area contributed by atoms with Crippen LogP contribution in [-0.4, -0.2) is 11.2 Å². The van der Waals surface area contributed by atoms with E-state index in [-0.39, 0.29) is 17.9 Å². The second-order valence-corrected chi connectivity index (χ2v) is 3.16. The maximum absolute atomic E-state index is 13.0. The van der Waals surface area contributed by atoms with Crippen LogP contribution in [0.15, 0.2) is 21.6 Å². The number of hydrogen-bond acceptors (Lipinski definition) is 3. The Labute approximate surface area is 82.0 Å². The van der Waals surface area contributed by atoms with Crippen LogP contribution in [0.3, 0.4) is 0 Å². The molecule has 0 aliphatic heterocycles. The van der Waals surface area contributed by atoms with E-state index in [2.05, 4.69) is 20.9 Å². The lowest BCUT2D eigenvalue weighted by Crippen LogP contribution is -1.88. The highest BCUT2D eigenvalue weighted by atomic mass is 79.9. The molecule has 13 heavy (non-hydrogen) atoms. The standard InChI is InChI=1S/C8H5BrFNO2/c9-6-1-5(3-11-4-12)7(10)2-8(6)13/h1-2,13H,3H2. The fourth-order valence-corrected chi connectivity index (χ4v) is 1.21. The third-order valence-electron chi connectivity index (χ3n) is 1.43. The van der Waals surface area contributed by atoms with Gasteiger partial charge in [0.1, 0.15) is 11.6 Å². The summed E-state index contributed by atoms with van der Waals surface area (Å²) < 4.78 is 13.3. The summed E-state index contributed by atoms with van der Waals surface area (Å²) in [5.41, 5.74) is 0.230. The molecule has 0 aliphatic rings. The number of phenols is 1. The molecule has 0 saturated heterocycles. The summed E-state index contributed by atoms with van der Waals surface area (Å²) in [5.74, 6) is -0.781. The van der Waals surface area contributed by atoms with E-state index in [4.69, 9.17) is 5.11 Å². The highest BCUT2D eigenvalue weighted by Crippen LogP contribution is 2.26. The normalized spacial score (nSPS) is 9.38. The van der Waals surface area contributed by atoms with E-state index >= 15 is 0 Å². The zero-order valence-electron chi connectivity index (χ0n) is 6.42. The summed E-state index contributed by atoms with van der Waals surface area (Å²) in [6, 6.07) is 2.32. The number of isocyanates is 1. The molecule has 68 valence electrons. The van der Waals surface area contributed by atoms with Gasteiger partial charge in [-0.2, -0.15) is 0 Å². The third kappa shape index (κ3) is 2.37. The first kappa shape index (κ1) is 9.89. The van der Waals surface area contributed by atoms with E-state index in [9.17, 15) is 9.18 Å². The quantitative estimate of drug-likeness (QED) is 0.641. The molecule has 0 saturated carbocycles. The second-order valence-electron chi connectivity index (χ2n) is 2.30. The molecule has 0 aromatic heterocycles. The van der Waals surface area contributed by atoms with E-state index in [0.717, 1.165) is 6.07 Å². The van der Waals surface area contributed by atoms with Crippen molar-refractivity contribution in [1.82, 2.24) is 0 Å². The van der Waals surface area contributed by atoms with E-state index < -0.39 is 5.82 Å². The van der Waals surface area contributed by atoms with Crippen LogP contribution in [0.4, 0.5) is 4.39 Å². The molecule has 0 radical (unpaired) electrons. The fourth-order valence-electron chi connectivity index (χ4n) is 0.816. The minimum Gasteiger partial charge on any atom is -0.507 e. The lowest BCUT2D eigenvalue weighted by atomic mass is 10.2. The monoisotopic (exact) mass is 245 g/mol. The van der Waals surface area contributed by atoms with Crippen LogP contribution in [0.25, 0.3) is 0 Å². The predicted molar refractivity (Wildman–Crippen MR) is 47.6 cm³/mol. The van der Waals surface area contributed by atoms with Crippen LogP contribution in [0.1, 0.15) is 5.56 Å². The summed E-state index contributed by atoms with van der Waals surface area (Å²) in [6.45, 7) is -0.0752. The van der Waals surface area contributed by atoms with Crippen molar-refractivity contribution in [2.24, 2.45) is 4.99 Å². The molecule has 0 aliphatic carbocycles. The number of halogens is 2. The average molecular weight is 246 g/mol. The highest BCUT2D eigenvalue weighted by Gasteiger charge is 2.06. The van der Waals surface area contributed by atoms with Crippen molar-refractivity contribution in [2.75, 3.05) is 0 Å². The van der Waals surface area contributed by atoms with Crippen molar-refractivity contribution < 1.29 is 14.3 Å². The Morgan fingerprint density at radius 3 is 2.92 bits per heavy atom. The Morgan fingerprint density at radius 2 is 2.31 bits per heavy atom. The van der Waals surface area contributed by atoms with Crippen LogP contribution < -0.4 is 0 Å². The Morgan fingerprint density at radius 1 is 1.62 bits per heavy atom. The third-order valence-corrected chi connectivity index (χ3v) is 2.06. The summed E-state index contributed by atoms with van der Waals surface area (Å²) in [5, 5.41) is 9.06. The lowest BCUT2D eigenvalue weighted by Gasteiger charge is -2.01. The SMILES string of the molecule is O=C=NCc1cc(Br)c(O)cc1F. The zero-order valence-corrected chi connectivity index (χ0v) is 8.01. The Hall–Kier alpha value is -1.19. The molecular formula is C8H5BrFNO2. The topological polar surface area (TPSA) is 49.7 Å². The van der Waals surface area contributed by atoms with E-state index in [0.29, 0.717) is 4.47 Å². The predicted octanol–water partition coefficient (Wildman–Crippen LogP) is 2.13. The van der Waals surface area contributed by atoms with Gasteiger partial charge in [0.2, 0.25) is 6.08 Å². The van der Waals surface area contributed by atoms with Crippen LogP contribution >= 0.6 is 15.9 Å². The molecule has 1 aromatic rings. The van der Waals surface area contributed by atoms with Gasteiger partial charge < -0.3 is 5.11 Å². The fraction of sp³-hybridized carbons (Fsp3) is 0.125. The van der Waals surface area contributed by atoms with Gasteiger partial charge in [0.05, 0.1) is 11.0 Å². The minimum atomic E-state index is -0.597. The minimum absolute atomic E-state index is 0.0752. The molecule has 0 bridgehead atoms. The maximum Gasteiger partial charge on any atom is 0.235 e. The zero-order chi connectivity index (χ0) is 9.84. The summed E-state index contributed by atoms with van der Waals surface area (Å²) >= 11 is 3.02. The number of aromatic hydroxyl groups is 1. The van der Waals surface area contributed by atoms with Crippen LogP contribution in [0.5, 0.6) is 5.75 Å². The van der Waals surface area contributed by atoms with Crippen molar-refractivity contribution in [3.63, 3.8) is 0 Å². The molecule has 1 aromatic carbocycles. The van der Waals surface area contributed by atoms with Gasteiger partial charge in [0.25, 0.3) is 0 Å². The molecule has 5 heteroatoms. The summed E-state index contributed by atoms with van der Waals surface area (Å²) in [6.07, 6.45) is 1.31. The van der Waals surface area contributed by atoms with Crippen molar-refractivity contribution >= 4 is 22.0 Å². The van der Waals surface area contributed by atoms with E-state index in [1.54, 1.807) is 0 Å². The van der Waals surface area contributed by atoms with Gasteiger partial charge in [0.15, 0.2) is 0 Å². The number of aliphatic imine (C=N–C) groups is 1. The molecule has 3 nitrogen and oxygen atoms in total. The number of phenolic OH excluding ortho intramolecular Hbond substituents is 1.